The van der Waals surface area contributed by atoms with Crippen molar-refractivity contribution >= 4 is 5.52 Å². The molecule has 0 aliphatic carbocycles. The van der Waals surface area contributed by atoms with Gasteiger partial charge in [-0.15, -0.1) is 0 Å². The standard InChI is InChI=1S/C9H7NO/c11-9-5-3-7-10-6-2-1-4-8(9)10/h1-7H/p+1. The molecule has 2 heterocycles. The first-order valence-corrected chi connectivity index (χ1v) is 3.46. The van der Waals surface area contributed by atoms with Crippen LogP contribution in [0.2, 0.25) is 0 Å². The Morgan fingerprint density at radius 3 is 2.64 bits per heavy atom. The van der Waals surface area contributed by atoms with E-state index in [1.165, 1.54) is 0 Å². The van der Waals surface area contributed by atoms with E-state index in [1.807, 2.05) is 41.1 Å². The van der Waals surface area contributed by atoms with Crippen LogP contribution in [0.15, 0.2) is 42.7 Å². The largest absolute Gasteiger partial charge is 0.502 e. The van der Waals surface area contributed by atoms with Crippen molar-refractivity contribution < 1.29 is 9.51 Å². The highest BCUT2D eigenvalue weighted by Crippen LogP contribution is 2.11. The van der Waals surface area contributed by atoms with Crippen molar-refractivity contribution in [3.63, 3.8) is 0 Å². The minimum absolute atomic E-state index is 0.313. The van der Waals surface area contributed by atoms with Crippen molar-refractivity contribution in [1.29, 1.82) is 0 Å². The third-order valence-corrected chi connectivity index (χ3v) is 1.65. The van der Waals surface area contributed by atoms with Gasteiger partial charge in [-0.2, -0.15) is 4.40 Å². The van der Waals surface area contributed by atoms with E-state index < -0.39 is 0 Å². The van der Waals surface area contributed by atoms with Crippen LogP contribution in [0, 0.1) is 0 Å². The fourth-order valence-electron chi connectivity index (χ4n) is 1.12. The van der Waals surface area contributed by atoms with Gasteiger partial charge >= 0.3 is 0 Å². The van der Waals surface area contributed by atoms with E-state index in [0.717, 1.165) is 5.52 Å². The third kappa shape index (κ3) is 0.923. The summed E-state index contributed by atoms with van der Waals surface area (Å²) in [6.45, 7) is 0. The SMILES string of the molecule is Oc1ccc[n+]2ccccc12. The Bertz CT molecular complexity index is 379. The first-order chi connectivity index (χ1) is 5.38. The fraction of sp³-hybridized carbons (Fsp3) is 0. The second-order valence-electron chi connectivity index (χ2n) is 2.39. The molecular formula is C9H8NO+. The second-order valence-corrected chi connectivity index (χ2v) is 2.39. The maximum atomic E-state index is 9.35. The van der Waals surface area contributed by atoms with Crippen molar-refractivity contribution in [2.24, 2.45) is 0 Å². The predicted octanol–water partition coefficient (Wildman–Crippen LogP) is 1.13. The highest BCUT2D eigenvalue weighted by atomic mass is 16.3. The number of nitrogens with zero attached hydrogens (tertiary/aromatic N) is 1. The fourth-order valence-corrected chi connectivity index (χ4v) is 1.12. The molecule has 2 aromatic rings. The Morgan fingerprint density at radius 2 is 1.82 bits per heavy atom. The first kappa shape index (κ1) is 6.16. The third-order valence-electron chi connectivity index (χ3n) is 1.65. The molecule has 0 bridgehead atoms. The molecule has 0 saturated carbocycles. The molecule has 0 radical (unpaired) electrons. The van der Waals surface area contributed by atoms with E-state index in [4.69, 9.17) is 0 Å². The van der Waals surface area contributed by atoms with Crippen molar-refractivity contribution in [3.8, 4) is 5.75 Å². The van der Waals surface area contributed by atoms with Gasteiger partial charge in [0.2, 0.25) is 0 Å². The zero-order valence-corrected chi connectivity index (χ0v) is 5.94. The van der Waals surface area contributed by atoms with Gasteiger partial charge < -0.3 is 5.11 Å². The zero-order chi connectivity index (χ0) is 7.68. The summed E-state index contributed by atoms with van der Waals surface area (Å²) in [7, 11) is 0. The van der Waals surface area contributed by atoms with Gasteiger partial charge in [-0.25, -0.2) is 0 Å². The maximum Gasteiger partial charge on any atom is 0.252 e. The molecule has 1 N–H and O–H groups in total. The van der Waals surface area contributed by atoms with Crippen LogP contribution in [-0.2, 0) is 0 Å². The van der Waals surface area contributed by atoms with Crippen LogP contribution in [0.3, 0.4) is 0 Å². The highest BCUT2D eigenvalue weighted by molar-refractivity contribution is 5.51. The van der Waals surface area contributed by atoms with Crippen LogP contribution < -0.4 is 4.40 Å². The summed E-state index contributed by atoms with van der Waals surface area (Å²) in [4.78, 5) is 0. The van der Waals surface area contributed by atoms with E-state index in [1.54, 1.807) is 6.07 Å². The van der Waals surface area contributed by atoms with E-state index in [0.29, 0.717) is 5.75 Å². The molecule has 0 atom stereocenters. The quantitative estimate of drug-likeness (QED) is 0.553. The van der Waals surface area contributed by atoms with Crippen LogP contribution in [0.1, 0.15) is 0 Å². The monoisotopic (exact) mass is 146 g/mol. The lowest BCUT2D eigenvalue weighted by Gasteiger charge is -1.90. The molecule has 0 aromatic carbocycles. The molecule has 2 heteroatoms. The average Bonchev–Trinajstić information content (AvgIpc) is 2.06. The Balaban J connectivity index is 2.91. The van der Waals surface area contributed by atoms with Gasteiger partial charge in [0, 0.05) is 18.2 Å². The zero-order valence-electron chi connectivity index (χ0n) is 5.94. The maximum absolute atomic E-state index is 9.35. The summed E-state index contributed by atoms with van der Waals surface area (Å²) in [6, 6.07) is 9.18. The molecular weight excluding hydrogens is 138 g/mol. The Morgan fingerprint density at radius 1 is 1.00 bits per heavy atom. The molecule has 0 aliphatic heterocycles. The van der Waals surface area contributed by atoms with Gasteiger partial charge in [0.15, 0.2) is 18.1 Å². The van der Waals surface area contributed by atoms with Crippen LogP contribution in [0.25, 0.3) is 5.52 Å². The van der Waals surface area contributed by atoms with Gasteiger partial charge in [0.25, 0.3) is 5.52 Å². The van der Waals surface area contributed by atoms with Gasteiger partial charge in [0.1, 0.15) is 0 Å². The summed E-state index contributed by atoms with van der Waals surface area (Å²) in [5.41, 5.74) is 0.829. The minimum Gasteiger partial charge on any atom is -0.502 e. The number of aromatic hydroxyl groups is 1. The Labute approximate surface area is 64.4 Å². The molecule has 11 heavy (non-hydrogen) atoms. The van der Waals surface area contributed by atoms with Crippen LogP contribution in [0.5, 0.6) is 5.75 Å². The topological polar surface area (TPSA) is 24.3 Å². The number of aromatic nitrogens is 1. The summed E-state index contributed by atoms with van der Waals surface area (Å²) in [5.74, 6) is 0.313. The smallest absolute Gasteiger partial charge is 0.252 e. The summed E-state index contributed by atoms with van der Waals surface area (Å²) < 4.78 is 1.87. The average molecular weight is 146 g/mol. The predicted molar refractivity (Wildman–Crippen MR) is 41.3 cm³/mol. The van der Waals surface area contributed by atoms with Gasteiger partial charge in [0.05, 0.1) is 0 Å². The molecule has 54 valence electrons. The molecule has 0 amide bonds. The number of pyridine rings is 2. The minimum atomic E-state index is 0.313. The Hall–Kier alpha value is -1.57. The van der Waals surface area contributed by atoms with Gasteiger partial charge in [-0.3, -0.25) is 0 Å². The number of rotatable bonds is 0. The number of hydrogen-bond donors (Lipinski definition) is 1. The van der Waals surface area contributed by atoms with Crippen molar-refractivity contribution in [3.05, 3.63) is 42.7 Å². The second kappa shape index (κ2) is 2.23. The lowest BCUT2D eigenvalue weighted by molar-refractivity contribution is -0.512. The lowest BCUT2D eigenvalue weighted by atomic mass is 10.3. The molecule has 0 saturated heterocycles. The van der Waals surface area contributed by atoms with E-state index in [-0.39, 0.29) is 0 Å². The summed E-state index contributed by atoms with van der Waals surface area (Å²) in [6.07, 6.45) is 3.80. The normalized spacial score (nSPS) is 10.2. The first-order valence-electron chi connectivity index (χ1n) is 3.46. The summed E-state index contributed by atoms with van der Waals surface area (Å²) in [5, 5.41) is 9.35. The summed E-state index contributed by atoms with van der Waals surface area (Å²) >= 11 is 0. The van der Waals surface area contributed by atoms with Crippen LogP contribution >= 0.6 is 0 Å². The number of hydrogen-bond acceptors (Lipinski definition) is 1. The van der Waals surface area contributed by atoms with E-state index >= 15 is 0 Å². The Kier molecular flexibility index (Phi) is 1.25. The molecule has 0 fully saturated rings. The van der Waals surface area contributed by atoms with Gasteiger partial charge in [-0.1, -0.05) is 0 Å². The molecule has 0 spiro atoms. The number of fused-ring (bicyclic) bond motifs is 1. The van der Waals surface area contributed by atoms with Crippen molar-refractivity contribution in [1.82, 2.24) is 0 Å². The molecule has 2 nitrogen and oxygen atoms in total. The molecule has 0 aliphatic rings. The van der Waals surface area contributed by atoms with E-state index in [9.17, 15) is 5.11 Å². The molecule has 2 rings (SSSR count). The highest BCUT2D eigenvalue weighted by Gasteiger charge is 2.02. The molecule has 2 aromatic heterocycles. The van der Waals surface area contributed by atoms with Crippen LogP contribution in [0.4, 0.5) is 0 Å². The van der Waals surface area contributed by atoms with Crippen molar-refractivity contribution in [2.75, 3.05) is 0 Å². The van der Waals surface area contributed by atoms with Crippen LogP contribution in [-0.4, -0.2) is 5.11 Å². The van der Waals surface area contributed by atoms with Crippen molar-refractivity contribution in [2.45, 2.75) is 0 Å². The lowest BCUT2D eigenvalue weighted by Crippen LogP contribution is -2.19. The van der Waals surface area contributed by atoms with Gasteiger partial charge in [-0.05, 0) is 12.1 Å². The molecule has 0 unspecified atom stereocenters. The van der Waals surface area contributed by atoms with E-state index in [2.05, 4.69) is 0 Å².